The van der Waals surface area contributed by atoms with Crippen LogP contribution in [0.2, 0.25) is 0 Å². The van der Waals surface area contributed by atoms with E-state index >= 15 is 0 Å². The number of aromatic hydroxyl groups is 1. The minimum atomic E-state index is -0.665. The molecule has 0 saturated heterocycles. The van der Waals surface area contributed by atoms with Crippen molar-refractivity contribution in [3.63, 3.8) is 0 Å². The van der Waals surface area contributed by atoms with Gasteiger partial charge in [0.25, 0.3) is 0 Å². The summed E-state index contributed by atoms with van der Waals surface area (Å²) in [4.78, 5) is 24.6. The summed E-state index contributed by atoms with van der Waals surface area (Å²) >= 11 is 0. The number of halogens is 1. The SMILES string of the molecule is CCc1cc(F)cc(C(=O)Oc2ccc(C(=O)c3ccc(O)cc3)cc2)c1. The molecule has 3 aromatic rings. The summed E-state index contributed by atoms with van der Waals surface area (Å²) in [5.41, 5.74) is 1.69. The molecular formula is C22H17FO4. The van der Waals surface area contributed by atoms with E-state index in [0.717, 1.165) is 6.07 Å². The van der Waals surface area contributed by atoms with Crippen molar-refractivity contribution in [3.8, 4) is 11.5 Å². The van der Waals surface area contributed by atoms with Crippen molar-refractivity contribution in [2.24, 2.45) is 0 Å². The second-order valence-electron chi connectivity index (χ2n) is 5.99. The van der Waals surface area contributed by atoms with Gasteiger partial charge in [0.15, 0.2) is 5.78 Å². The van der Waals surface area contributed by atoms with Crippen LogP contribution >= 0.6 is 0 Å². The average molecular weight is 364 g/mol. The van der Waals surface area contributed by atoms with Crippen LogP contribution in [-0.4, -0.2) is 16.9 Å². The third-order valence-electron chi connectivity index (χ3n) is 4.06. The first-order valence-corrected chi connectivity index (χ1v) is 8.41. The van der Waals surface area contributed by atoms with Crippen LogP contribution in [0.3, 0.4) is 0 Å². The number of hydrogen-bond donors (Lipinski definition) is 1. The molecule has 3 rings (SSSR count). The van der Waals surface area contributed by atoms with Crippen molar-refractivity contribution in [2.75, 3.05) is 0 Å². The minimum Gasteiger partial charge on any atom is -0.508 e. The van der Waals surface area contributed by atoms with Crippen molar-refractivity contribution >= 4 is 11.8 Å². The highest BCUT2D eigenvalue weighted by molar-refractivity contribution is 6.09. The number of aryl methyl sites for hydroxylation is 1. The topological polar surface area (TPSA) is 63.6 Å². The Labute approximate surface area is 155 Å². The Morgan fingerprint density at radius 3 is 2.07 bits per heavy atom. The Bertz CT molecular complexity index is 976. The van der Waals surface area contributed by atoms with E-state index in [1.807, 2.05) is 6.92 Å². The molecular weight excluding hydrogens is 347 g/mol. The number of phenols is 1. The monoisotopic (exact) mass is 364 g/mol. The quantitative estimate of drug-likeness (QED) is 0.410. The van der Waals surface area contributed by atoms with Crippen molar-refractivity contribution in [2.45, 2.75) is 13.3 Å². The molecule has 0 aliphatic carbocycles. The molecule has 0 heterocycles. The average Bonchev–Trinajstić information content (AvgIpc) is 2.68. The van der Waals surface area contributed by atoms with Gasteiger partial charge < -0.3 is 9.84 Å². The maximum Gasteiger partial charge on any atom is 0.343 e. The van der Waals surface area contributed by atoms with Gasteiger partial charge in [0.2, 0.25) is 0 Å². The van der Waals surface area contributed by atoms with Gasteiger partial charge in [-0.05, 0) is 78.7 Å². The van der Waals surface area contributed by atoms with Gasteiger partial charge in [0.05, 0.1) is 5.56 Å². The van der Waals surface area contributed by atoms with Gasteiger partial charge in [-0.15, -0.1) is 0 Å². The molecule has 27 heavy (non-hydrogen) atoms. The Hall–Kier alpha value is -3.47. The molecule has 0 aromatic heterocycles. The van der Waals surface area contributed by atoms with E-state index in [2.05, 4.69) is 0 Å². The number of ether oxygens (including phenoxy) is 1. The van der Waals surface area contributed by atoms with Gasteiger partial charge >= 0.3 is 5.97 Å². The number of esters is 1. The summed E-state index contributed by atoms with van der Waals surface area (Å²) in [6, 6.07) is 16.1. The van der Waals surface area contributed by atoms with E-state index in [4.69, 9.17) is 4.74 Å². The van der Waals surface area contributed by atoms with Gasteiger partial charge in [-0.1, -0.05) is 6.92 Å². The summed E-state index contributed by atoms with van der Waals surface area (Å²) in [7, 11) is 0. The van der Waals surface area contributed by atoms with E-state index in [1.54, 1.807) is 18.2 Å². The van der Waals surface area contributed by atoms with E-state index in [1.165, 1.54) is 42.5 Å². The fraction of sp³-hybridized carbons (Fsp3) is 0.0909. The lowest BCUT2D eigenvalue weighted by Gasteiger charge is -2.07. The van der Waals surface area contributed by atoms with Crippen molar-refractivity contribution < 1.29 is 23.8 Å². The standard InChI is InChI=1S/C22H17FO4/c1-2-14-11-17(13-18(23)12-14)22(26)27-20-9-5-16(6-10-20)21(25)15-3-7-19(24)8-4-15/h3-13,24H,2H2,1H3. The van der Waals surface area contributed by atoms with Crippen molar-refractivity contribution in [1.82, 2.24) is 0 Å². The molecule has 5 heteroatoms. The minimum absolute atomic E-state index is 0.0809. The lowest BCUT2D eigenvalue weighted by molar-refractivity contribution is 0.0734. The van der Waals surface area contributed by atoms with E-state index < -0.39 is 11.8 Å². The van der Waals surface area contributed by atoms with Gasteiger partial charge in [0, 0.05) is 11.1 Å². The normalized spacial score (nSPS) is 10.4. The third-order valence-corrected chi connectivity index (χ3v) is 4.06. The summed E-state index contributed by atoms with van der Waals surface area (Å²) in [5.74, 6) is -1.04. The first-order chi connectivity index (χ1) is 13.0. The Morgan fingerprint density at radius 2 is 1.48 bits per heavy atom. The van der Waals surface area contributed by atoms with Crippen LogP contribution in [0.25, 0.3) is 0 Å². The fourth-order valence-electron chi connectivity index (χ4n) is 2.59. The van der Waals surface area contributed by atoms with Gasteiger partial charge in [-0.2, -0.15) is 0 Å². The summed E-state index contributed by atoms with van der Waals surface area (Å²) in [6.07, 6.45) is 0.603. The predicted octanol–water partition coefficient (Wildman–Crippen LogP) is 4.54. The second kappa shape index (κ2) is 7.83. The van der Waals surface area contributed by atoms with E-state index in [-0.39, 0.29) is 22.8 Å². The van der Waals surface area contributed by atoms with Crippen molar-refractivity contribution in [3.05, 3.63) is 94.8 Å². The molecule has 0 aliphatic rings. The Kier molecular flexibility index (Phi) is 5.31. The van der Waals surface area contributed by atoms with Crippen LogP contribution in [0.4, 0.5) is 4.39 Å². The van der Waals surface area contributed by atoms with Crippen LogP contribution < -0.4 is 4.74 Å². The lowest BCUT2D eigenvalue weighted by Crippen LogP contribution is -2.10. The number of hydrogen-bond acceptors (Lipinski definition) is 4. The molecule has 4 nitrogen and oxygen atoms in total. The van der Waals surface area contributed by atoms with E-state index in [0.29, 0.717) is 23.1 Å². The second-order valence-corrected chi connectivity index (χ2v) is 5.99. The number of ketones is 1. The molecule has 1 N–H and O–H groups in total. The molecule has 0 amide bonds. The number of carbonyl (C=O) groups is 2. The van der Waals surface area contributed by atoms with Gasteiger partial charge in [-0.25, -0.2) is 9.18 Å². The first kappa shape index (κ1) is 18.3. The molecule has 0 atom stereocenters. The zero-order chi connectivity index (χ0) is 19.4. The van der Waals surface area contributed by atoms with Crippen LogP contribution in [-0.2, 0) is 6.42 Å². The molecule has 0 aliphatic heterocycles. The number of carbonyl (C=O) groups excluding carboxylic acids is 2. The Morgan fingerprint density at radius 1 is 0.889 bits per heavy atom. The maximum absolute atomic E-state index is 13.6. The lowest BCUT2D eigenvalue weighted by atomic mass is 10.0. The summed E-state index contributed by atoms with van der Waals surface area (Å²) in [5, 5.41) is 9.29. The van der Waals surface area contributed by atoms with Crippen LogP contribution in [0.15, 0.2) is 66.7 Å². The third kappa shape index (κ3) is 4.39. The number of benzene rings is 3. The van der Waals surface area contributed by atoms with Crippen molar-refractivity contribution in [1.29, 1.82) is 0 Å². The van der Waals surface area contributed by atoms with Crippen LogP contribution in [0, 0.1) is 5.82 Å². The van der Waals surface area contributed by atoms with Gasteiger partial charge in [0.1, 0.15) is 17.3 Å². The smallest absolute Gasteiger partial charge is 0.343 e. The molecule has 0 bridgehead atoms. The maximum atomic E-state index is 13.6. The highest BCUT2D eigenvalue weighted by Gasteiger charge is 2.13. The summed E-state index contributed by atoms with van der Waals surface area (Å²) in [6.45, 7) is 1.87. The Balaban J connectivity index is 1.74. The van der Waals surface area contributed by atoms with Crippen LogP contribution in [0.1, 0.15) is 38.8 Å². The zero-order valence-electron chi connectivity index (χ0n) is 14.6. The molecule has 3 aromatic carbocycles. The molecule has 0 spiro atoms. The largest absolute Gasteiger partial charge is 0.508 e. The number of phenolic OH excluding ortho intramolecular Hbond substituents is 1. The zero-order valence-corrected chi connectivity index (χ0v) is 14.6. The molecule has 0 fully saturated rings. The van der Waals surface area contributed by atoms with Gasteiger partial charge in [-0.3, -0.25) is 4.79 Å². The highest BCUT2D eigenvalue weighted by Crippen LogP contribution is 2.19. The predicted molar refractivity (Wildman–Crippen MR) is 98.7 cm³/mol. The highest BCUT2D eigenvalue weighted by atomic mass is 19.1. The van der Waals surface area contributed by atoms with Crippen LogP contribution in [0.5, 0.6) is 11.5 Å². The molecule has 136 valence electrons. The summed E-state index contributed by atoms with van der Waals surface area (Å²) < 4.78 is 18.8. The van der Waals surface area contributed by atoms with E-state index in [9.17, 15) is 19.1 Å². The molecule has 0 unspecified atom stereocenters. The fourth-order valence-corrected chi connectivity index (χ4v) is 2.59. The molecule has 0 saturated carbocycles. The molecule has 0 radical (unpaired) electrons. The first-order valence-electron chi connectivity index (χ1n) is 8.41. The number of rotatable bonds is 5.